The SMILES string of the molecule is Cc1cc(Cl)ccc1-c1nc(=S)n(C)[nH]1. The Morgan fingerprint density at radius 3 is 2.73 bits per heavy atom. The Hall–Kier alpha value is -1.13. The van der Waals surface area contributed by atoms with Crippen molar-refractivity contribution in [2.45, 2.75) is 6.92 Å². The summed E-state index contributed by atoms with van der Waals surface area (Å²) >= 11 is 10.9. The number of nitrogens with one attached hydrogen (secondary N) is 1. The molecule has 0 fully saturated rings. The van der Waals surface area contributed by atoms with Crippen LogP contribution in [-0.2, 0) is 7.05 Å². The zero-order chi connectivity index (χ0) is 11.0. The molecule has 1 heterocycles. The molecule has 2 rings (SSSR count). The minimum Gasteiger partial charge on any atom is -0.279 e. The fraction of sp³-hybridized carbons (Fsp3) is 0.200. The predicted octanol–water partition coefficient (Wildman–Crippen LogP) is 3.11. The number of halogens is 1. The first kappa shape index (κ1) is 10.4. The van der Waals surface area contributed by atoms with E-state index in [9.17, 15) is 0 Å². The van der Waals surface area contributed by atoms with Crippen molar-refractivity contribution in [2.75, 3.05) is 0 Å². The van der Waals surface area contributed by atoms with Gasteiger partial charge in [0.2, 0.25) is 4.77 Å². The third-order valence-electron chi connectivity index (χ3n) is 2.21. The Bertz CT molecular complexity index is 556. The van der Waals surface area contributed by atoms with Crippen LogP contribution in [0, 0.1) is 11.7 Å². The van der Waals surface area contributed by atoms with Gasteiger partial charge in [0.1, 0.15) is 0 Å². The highest BCUT2D eigenvalue weighted by Gasteiger charge is 2.06. The van der Waals surface area contributed by atoms with E-state index in [1.165, 1.54) is 0 Å². The van der Waals surface area contributed by atoms with Crippen LogP contribution < -0.4 is 0 Å². The quantitative estimate of drug-likeness (QED) is 0.776. The third-order valence-corrected chi connectivity index (χ3v) is 2.81. The van der Waals surface area contributed by atoms with Crippen molar-refractivity contribution in [3.63, 3.8) is 0 Å². The van der Waals surface area contributed by atoms with Gasteiger partial charge in [0.25, 0.3) is 0 Å². The van der Waals surface area contributed by atoms with Crippen LogP contribution in [0.4, 0.5) is 0 Å². The van der Waals surface area contributed by atoms with Crippen LogP contribution in [0.3, 0.4) is 0 Å². The average molecular weight is 240 g/mol. The molecule has 3 nitrogen and oxygen atoms in total. The van der Waals surface area contributed by atoms with Crippen molar-refractivity contribution in [3.05, 3.63) is 33.6 Å². The van der Waals surface area contributed by atoms with Gasteiger partial charge in [-0.2, -0.15) is 4.98 Å². The Morgan fingerprint density at radius 2 is 2.20 bits per heavy atom. The molecule has 0 atom stereocenters. The molecule has 0 radical (unpaired) electrons. The van der Waals surface area contributed by atoms with Gasteiger partial charge in [-0.3, -0.25) is 9.78 Å². The van der Waals surface area contributed by atoms with E-state index in [2.05, 4.69) is 10.1 Å². The molecule has 0 saturated heterocycles. The number of hydrogen-bond acceptors (Lipinski definition) is 2. The lowest BCUT2D eigenvalue weighted by atomic mass is 10.1. The maximum absolute atomic E-state index is 5.88. The van der Waals surface area contributed by atoms with Crippen molar-refractivity contribution >= 4 is 23.8 Å². The molecule has 0 amide bonds. The van der Waals surface area contributed by atoms with Crippen LogP contribution in [0.5, 0.6) is 0 Å². The van der Waals surface area contributed by atoms with Gasteiger partial charge in [-0.05, 0) is 42.9 Å². The minimum atomic E-state index is 0.541. The van der Waals surface area contributed by atoms with Gasteiger partial charge in [0.15, 0.2) is 5.82 Å². The van der Waals surface area contributed by atoms with Crippen LogP contribution in [0.25, 0.3) is 11.4 Å². The van der Waals surface area contributed by atoms with Gasteiger partial charge in [0, 0.05) is 17.6 Å². The number of aromatic amines is 1. The highest BCUT2D eigenvalue weighted by atomic mass is 35.5. The fourth-order valence-electron chi connectivity index (χ4n) is 1.42. The molecule has 0 saturated carbocycles. The molecule has 78 valence electrons. The summed E-state index contributed by atoms with van der Waals surface area (Å²) in [5, 5.41) is 3.81. The van der Waals surface area contributed by atoms with Crippen molar-refractivity contribution in [1.82, 2.24) is 14.8 Å². The number of nitrogens with zero attached hydrogens (tertiary/aromatic N) is 2. The zero-order valence-electron chi connectivity index (χ0n) is 8.41. The third kappa shape index (κ3) is 1.96. The van der Waals surface area contributed by atoms with Gasteiger partial charge >= 0.3 is 0 Å². The van der Waals surface area contributed by atoms with Crippen LogP contribution in [0.15, 0.2) is 18.2 Å². The molecule has 0 bridgehead atoms. The molecule has 0 aliphatic carbocycles. The maximum Gasteiger partial charge on any atom is 0.216 e. The number of hydrogen-bond donors (Lipinski definition) is 1. The molecule has 0 aliphatic rings. The highest BCUT2D eigenvalue weighted by molar-refractivity contribution is 7.71. The van der Waals surface area contributed by atoms with Gasteiger partial charge < -0.3 is 0 Å². The first-order chi connectivity index (χ1) is 7.08. The minimum absolute atomic E-state index is 0.541. The molecule has 1 N–H and O–H groups in total. The van der Waals surface area contributed by atoms with Crippen molar-refractivity contribution in [1.29, 1.82) is 0 Å². The number of aromatic nitrogens is 3. The highest BCUT2D eigenvalue weighted by Crippen LogP contribution is 2.22. The first-order valence-electron chi connectivity index (χ1n) is 4.47. The van der Waals surface area contributed by atoms with Gasteiger partial charge in [-0.25, -0.2) is 0 Å². The number of aryl methyl sites for hydroxylation is 2. The summed E-state index contributed by atoms with van der Waals surface area (Å²) in [5.41, 5.74) is 2.10. The first-order valence-corrected chi connectivity index (χ1v) is 5.26. The Morgan fingerprint density at radius 1 is 1.47 bits per heavy atom. The molecule has 0 aliphatic heterocycles. The second-order valence-electron chi connectivity index (χ2n) is 3.37. The topological polar surface area (TPSA) is 33.6 Å². The van der Waals surface area contributed by atoms with E-state index in [1.54, 1.807) is 4.68 Å². The van der Waals surface area contributed by atoms with Crippen LogP contribution >= 0.6 is 23.8 Å². The molecule has 15 heavy (non-hydrogen) atoms. The summed E-state index contributed by atoms with van der Waals surface area (Å²) in [7, 11) is 1.84. The van der Waals surface area contributed by atoms with E-state index in [4.69, 9.17) is 23.8 Å². The summed E-state index contributed by atoms with van der Waals surface area (Å²) in [4.78, 5) is 4.25. The molecule has 5 heteroatoms. The second kappa shape index (κ2) is 3.79. The number of benzene rings is 1. The lowest BCUT2D eigenvalue weighted by Gasteiger charge is -2.02. The largest absolute Gasteiger partial charge is 0.279 e. The average Bonchev–Trinajstić information content (AvgIpc) is 2.46. The summed E-state index contributed by atoms with van der Waals surface area (Å²) < 4.78 is 2.25. The normalized spacial score (nSPS) is 10.6. The molecule has 1 aromatic carbocycles. The Kier molecular flexibility index (Phi) is 2.63. The van der Waals surface area contributed by atoms with E-state index in [0.29, 0.717) is 4.77 Å². The number of H-pyrrole nitrogens is 1. The van der Waals surface area contributed by atoms with Gasteiger partial charge in [-0.1, -0.05) is 11.6 Å². The van der Waals surface area contributed by atoms with Crippen molar-refractivity contribution < 1.29 is 0 Å². The summed E-state index contributed by atoms with van der Waals surface area (Å²) in [6, 6.07) is 5.68. The molecular formula is C10H10ClN3S. The van der Waals surface area contributed by atoms with Crippen LogP contribution in [-0.4, -0.2) is 14.8 Å². The van der Waals surface area contributed by atoms with E-state index in [0.717, 1.165) is 22.0 Å². The van der Waals surface area contributed by atoms with Crippen molar-refractivity contribution in [3.8, 4) is 11.4 Å². The molecule has 0 unspecified atom stereocenters. The predicted molar refractivity (Wildman–Crippen MR) is 63.6 cm³/mol. The monoisotopic (exact) mass is 239 g/mol. The Balaban J connectivity index is 2.59. The summed E-state index contributed by atoms with van der Waals surface area (Å²) in [6.45, 7) is 1.99. The summed E-state index contributed by atoms with van der Waals surface area (Å²) in [5.74, 6) is 0.775. The van der Waals surface area contributed by atoms with Crippen LogP contribution in [0.2, 0.25) is 5.02 Å². The standard InChI is InChI=1S/C10H10ClN3S/c1-6-5-7(11)3-4-8(6)9-12-10(15)14(2)13-9/h3-5H,1-2H3,(H,12,13,15). The van der Waals surface area contributed by atoms with Crippen molar-refractivity contribution in [2.24, 2.45) is 7.05 Å². The lowest BCUT2D eigenvalue weighted by molar-refractivity contribution is 0.756. The van der Waals surface area contributed by atoms with E-state index in [1.807, 2.05) is 32.2 Å². The van der Waals surface area contributed by atoms with Gasteiger partial charge in [-0.15, -0.1) is 0 Å². The number of rotatable bonds is 1. The van der Waals surface area contributed by atoms with E-state index in [-0.39, 0.29) is 0 Å². The molecular weight excluding hydrogens is 230 g/mol. The van der Waals surface area contributed by atoms with Gasteiger partial charge in [0.05, 0.1) is 0 Å². The molecule has 2 aromatic rings. The van der Waals surface area contributed by atoms with E-state index >= 15 is 0 Å². The van der Waals surface area contributed by atoms with E-state index < -0.39 is 0 Å². The fourth-order valence-corrected chi connectivity index (χ4v) is 1.78. The zero-order valence-corrected chi connectivity index (χ0v) is 9.99. The molecule has 0 spiro atoms. The smallest absolute Gasteiger partial charge is 0.216 e. The Labute approximate surface area is 97.7 Å². The maximum atomic E-state index is 5.88. The second-order valence-corrected chi connectivity index (χ2v) is 4.17. The van der Waals surface area contributed by atoms with Crippen LogP contribution in [0.1, 0.15) is 5.56 Å². The molecule has 1 aromatic heterocycles. The lowest BCUT2D eigenvalue weighted by Crippen LogP contribution is -1.90. The summed E-state index contributed by atoms with van der Waals surface area (Å²) in [6.07, 6.45) is 0.